The molecule has 3 nitrogen and oxygen atoms in total. The number of hydrogen-bond acceptors (Lipinski definition) is 1. The van der Waals surface area contributed by atoms with Crippen molar-refractivity contribution in [2.45, 2.75) is 44.7 Å². The summed E-state index contributed by atoms with van der Waals surface area (Å²) in [5.74, 6) is 0. The number of nitrogens with one attached hydrogen (secondary N) is 2. The smallest absolute Gasteiger partial charge is 0.315 e. The lowest BCUT2D eigenvalue weighted by Gasteiger charge is -2.54. The van der Waals surface area contributed by atoms with Crippen molar-refractivity contribution in [3.63, 3.8) is 0 Å². The predicted octanol–water partition coefficient (Wildman–Crippen LogP) is 3.47. The molecule has 2 N–H and O–H groups in total. The molecule has 0 bridgehead atoms. The summed E-state index contributed by atoms with van der Waals surface area (Å²) >= 11 is 5.82. The molecule has 0 aliphatic heterocycles. The third-order valence-electron chi connectivity index (χ3n) is 4.47. The van der Waals surface area contributed by atoms with Crippen LogP contribution < -0.4 is 10.6 Å². The maximum atomic E-state index is 11.8. The van der Waals surface area contributed by atoms with Crippen LogP contribution in [0.25, 0.3) is 0 Å². The van der Waals surface area contributed by atoms with Gasteiger partial charge in [0.1, 0.15) is 0 Å². The number of halogens is 1. The summed E-state index contributed by atoms with van der Waals surface area (Å²) in [6.07, 6.45) is 6.42. The van der Waals surface area contributed by atoms with Crippen molar-refractivity contribution in [2.75, 3.05) is 0 Å². The van der Waals surface area contributed by atoms with Crippen molar-refractivity contribution in [1.82, 2.24) is 10.6 Å². The summed E-state index contributed by atoms with van der Waals surface area (Å²) in [5, 5.41) is 6.65. The second-order valence-electron chi connectivity index (χ2n) is 5.91. The first-order chi connectivity index (χ1) is 9.15. The topological polar surface area (TPSA) is 41.1 Å². The van der Waals surface area contributed by atoms with E-state index < -0.39 is 0 Å². The monoisotopic (exact) mass is 278 g/mol. The van der Waals surface area contributed by atoms with E-state index in [4.69, 9.17) is 11.6 Å². The lowest BCUT2D eigenvalue weighted by Crippen LogP contribution is -2.55. The van der Waals surface area contributed by atoms with E-state index in [0.717, 1.165) is 5.56 Å². The minimum atomic E-state index is -0.0610. The van der Waals surface area contributed by atoms with E-state index in [9.17, 15) is 4.79 Å². The van der Waals surface area contributed by atoms with Crippen LogP contribution in [-0.4, -0.2) is 12.1 Å². The van der Waals surface area contributed by atoms with Crippen LogP contribution in [0, 0.1) is 5.41 Å². The van der Waals surface area contributed by atoms with Gasteiger partial charge in [0.05, 0.1) is 0 Å². The highest BCUT2D eigenvalue weighted by Gasteiger charge is 2.48. The molecule has 1 spiro atoms. The third-order valence-corrected chi connectivity index (χ3v) is 4.73. The van der Waals surface area contributed by atoms with Crippen LogP contribution in [0.3, 0.4) is 0 Å². The summed E-state index contributed by atoms with van der Waals surface area (Å²) in [7, 11) is 0. The molecule has 0 atom stereocenters. The van der Waals surface area contributed by atoms with Gasteiger partial charge >= 0.3 is 6.03 Å². The second kappa shape index (κ2) is 5.04. The highest BCUT2D eigenvalue weighted by atomic mass is 35.5. The number of rotatable bonds is 3. The number of benzene rings is 1. The van der Waals surface area contributed by atoms with Crippen molar-refractivity contribution >= 4 is 17.6 Å². The van der Waals surface area contributed by atoms with Crippen molar-refractivity contribution in [2.24, 2.45) is 5.41 Å². The van der Waals surface area contributed by atoms with Crippen LogP contribution in [0.2, 0.25) is 5.02 Å². The van der Waals surface area contributed by atoms with E-state index in [1.807, 2.05) is 24.3 Å². The van der Waals surface area contributed by atoms with Crippen molar-refractivity contribution in [1.29, 1.82) is 0 Å². The van der Waals surface area contributed by atoms with E-state index in [2.05, 4.69) is 10.6 Å². The van der Waals surface area contributed by atoms with Gasteiger partial charge in [0.2, 0.25) is 0 Å². The average molecular weight is 279 g/mol. The Balaban J connectivity index is 1.38. The molecule has 2 fully saturated rings. The van der Waals surface area contributed by atoms with Gasteiger partial charge in [-0.2, -0.15) is 0 Å². The molecule has 2 aliphatic carbocycles. The van der Waals surface area contributed by atoms with E-state index in [1.165, 1.54) is 32.1 Å². The standard InChI is InChI=1S/C15H19ClN2O/c16-12-4-2-11(3-5-12)10-17-14(19)18-13-8-15(9-13)6-1-7-15/h2-5,13H,1,6-10H2,(H2,17,18,19). The van der Waals surface area contributed by atoms with Gasteiger partial charge in [-0.1, -0.05) is 30.2 Å². The van der Waals surface area contributed by atoms with E-state index in [0.29, 0.717) is 23.0 Å². The molecule has 2 saturated carbocycles. The van der Waals surface area contributed by atoms with Crippen LogP contribution in [0.5, 0.6) is 0 Å². The van der Waals surface area contributed by atoms with Gasteiger partial charge in [-0.15, -0.1) is 0 Å². The van der Waals surface area contributed by atoms with Crippen molar-refractivity contribution in [3.05, 3.63) is 34.9 Å². The quantitative estimate of drug-likeness (QED) is 0.873. The summed E-state index contributed by atoms with van der Waals surface area (Å²) in [5.41, 5.74) is 1.66. The molecule has 0 unspecified atom stereocenters. The second-order valence-corrected chi connectivity index (χ2v) is 6.35. The molecular formula is C15H19ClN2O. The lowest BCUT2D eigenvalue weighted by atomic mass is 9.54. The molecule has 1 aromatic rings. The maximum Gasteiger partial charge on any atom is 0.315 e. The van der Waals surface area contributed by atoms with Crippen LogP contribution in [0.4, 0.5) is 4.79 Å². The number of carbonyl (C=O) groups excluding carboxylic acids is 1. The average Bonchev–Trinajstić information content (AvgIpc) is 2.30. The summed E-state index contributed by atoms with van der Waals surface area (Å²) in [6, 6.07) is 7.84. The number of amides is 2. The third kappa shape index (κ3) is 2.86. The van der Waals surface area contributed by atoms with Crippen molar-refractivity contribution in [3.8, 4) is 0 Å². The SMILES string of the molecule is O=C(NCc1ccc(Cl)cc1)NC1CC2(CCC2)C1. The largest absolute Gasteiger partial charge is 0.335 e. The van der Waals surface area contributed by atoms with Gasteiger partial charge in [-0.3, -0.25) is 0 Å². The Hall–Kier alpha value is -1.22. The molecular weight excluding hydrogens is 260 g/mol. The number of urea groups is 1. The highest BCUT2D eigenvalue weighted by Crippen LogP contribution is 2.55. The van der Waals surface area contributed by atoms with Crippen LogP contribution in [0.15, 0.2) is 24.3 Å². The molecule has 0 radical (unpaired) electrons. The molecule has 102 valence electrons. The summed E-state index contributed by atoms with van der Waals surface area (Å²) < 4.78 is 0. The fraction of sp³-hybridized carbons (Fsp3) is 0.533. The van der Waals surface area contributed by atoms with Gasteiger partial charge in [0.15, 0.2) is 0 Å². The molecule has 19 heavy (non-hydrogen) atoms. The first kappa shape index (κ1) is 12.8. The Labute approximate surface area is 118 Å². The normalized spacial score (nSPS) is 20.5. The molecule has 2 aliphatic rings. The van der Waals surface area contributed by atoms with Gasteiger partial charge in [0, 0.05) is 17.6 Å². The van der Waals surface area contributed by atoms with E-state index >= 15 is 0 Å². The Morgan fingerprint density at radius 2 is 1.95 bits per heavy atom. The fourth-order valence-electron chi connectivity index (χ4n) is 3.19. The molecule has 3 rings (SSSR count). The van der Waals surface area contributed by atoms with E-state index in [-0.39, 0.29) is 6.03 Å². The Morgan fingerprint density at radius 1 is 1.26 bits per heavy atom. The Morgan fingerprint density at radius 3 is 2.53 bits per heavy atom. The molecule has 0 saturated heterocycles. The fourth-order valence-corrected chi connectivity index (χ4v) is 3.32. The highest BCUT2D eigenvalue weighted by molar-refractivity contribution is 6.30. The molecule has 1 aromatic carbocycles. The molecule has 0 heterocycles. The summed E-state index contributed by atoms with van der Waals surface area (Å²) in [6.45, 7) is 0.543. The van der Waals surface area contributed by atoms with E-state index in [1.54, 1.807) is 0 Å². The van der Waals surface area contributed by atoms with Crippen LogP contribution >= 0.6 is 11.6 Å². The van der Waals surface area contributed by atoms with Gasteiger partial charge < -0.3 is 10.6 Å². The van der Waals surface area contributed by atoms with Gasteiger partial charge in [0.25, 0.3) is 0 Å². The minimum Gasteiger partial charge on any atom is -0.335 e. The number of hydrogen-bond donors (Lipinski definition) is 2. The summed E-state index contributed by atoms with van der Waals surface area (Å²) in [4.78, 5) is 11.8. The van der Waals surface area contributed by atoms with Gasteiger partial charge in [-0.05, 0) is 48.8 Å². The minimum absolute atomic E-state index is 0.0610. The Bertz CT molecular complexity index is 460. The molecule has 4 heteroatoms. The first-order valence-electron chi connectivity index (χ1n) is 6.94. The zero-order valence-corrected chi connectivity index (χ0v) is 11.7. The maximum absolute atomic E-state index is 11.8. The lowest BCUT2D eigenvalue weighted by molar-refractivity contribution is 0.00225. The zero-order valence-electron chi connectivity index (χ0n) is 10.9. The van der Waals surface area contributed by atoms with Crippen LogP contribution in [0.1, 0.15) is 37.7 Å². The van der Waals surface area contributed by atoms with Gasteiger partial charge in [-0.25, -0.2) is 4.79 Å². The van der Waals surface area contributed by atoms with Crippen molar-refractivity contribution < 1.29 is 4.79 Å². The first-order valence-corrected chi connectivity index (χ1v) is 7.32. The van der Waals surface area contributed by atoms with Crippen LogP contribution in [-0.2, 0) is 6.54 Å². The Kier molecular flexibility index (Phi) is 3.40. The zero-order chi connectivity index (χ0) is 13.3. The molecule has 2 amide bonds. The molecule has 0 aromatic heterocycles. The number of carbonyl (C=O) groups is 1. The predicted molar refractivity (Wildman–Crippen MR) is 76.1 cm³/mol.